The summed E-state index contributed by atoms with van der Waals surface area (Å²) in [5, 5.41) is 9.83. The van der Waals surface area contributed by atoms with Crippen LogP contribution < -0.4 is 4.74 Å². The van der Waals surface area contributed by atoms with Crippen molar-refractivity contribution < 1.29 is 4.74 Å². The molecular formula is C17H14ClNO. The van der Waals surface area contributed by atoms with Crippen LogP contribution in [0.15, 0.2) is 42.5 Å². The molecule has 0 bridgehead atoms. The molecule has 0 spiro atoms. The van der Waals surface area contributed by atoms with Gasteiger partial charge in [0.05, 0.1) is 23.8 Å². The second kappa shape index (κ2) is 6.27. The SMILES string of the molecule is COc1ccc(C=C(C#N)c2ccc(C)cc2)cc1Cl. The molecule has 0 aliphatic rings. The van der Waals surface area contributed by atoms with Crippen LogP contribution in [0.3, 0.4) is 0 Å². The van der Waals surface area contributed by atoms with Crippen molar-refractivity contribution in [1.29, 1.82) is 5.26 Å². The van der Waals surface area contributed by atoms with Crippen LogP contribution in [-0.2, 0) is 0 Å². The van der Waals surface area contributed by atoms with Gasteiger partial charge in [0.15, 0.2) is 0 Å². The monoisotopic (exact) mass is 283 g/mol. The van der Waals surface area contributed by atoms with Gasteiger partial charge in [0, 0.05) is 0 Å². The van der Waals surface area contributed by atoms with Crippen LogP contribution >= 0.6 is 11.6 Å². The van der Waals surface area contributed by atoms with E-state index in [0.717, 1.165) is 11.1 Å². The molecular weight excluding hydrogens is 270 g/mol. The fourth-order valence-electron chi connectivity index (χ4n) is 1.85. The predicted octanol–water partition coefficient (Wildman–Crippen LogP) is 4.72. The molecule has 0 amide bonds. The van der Waals surface area contributed by atoms with Gasteiger partial charge in [-0.25, -0.2) is 0 Å². The van der Waals surface area contributed by atoms with Gasteiger partial charge in [-0.05, 0) is 36.3 Å². The largest absolute Gasteiger partial charge is 0.495 e. The summed E-state index contributed by atoms with van der Waals surface area (Å²) < 4.78 is 5.11. The van der Waals surface area contributed by atoms with Crippen LogP contribution in [0.25, 0.3) is 11.6 Å². The average Bonchev–Trinajstić information content (AvgIpc) is 2.46. The van der Waals surface area contributed by atoms with Crippen molar-refractivity contribution in [2.24, 2.45) is 0 Å². The minimum atomic E-state index is 0.530. The number of methoxy groups -OCH3 is 1. The minimum Gasteiger partial charge on any atom is -0.495 e. The zero-order chi connectivity index (χ0) is 14.5. The molecule has 2 nitrogen and oxygen atoms in total. The summed E-state index contributed by atoms with van der Waals surface area (Å²) in [4.78, 5) is 0. The van der Waals surface area contributed by atoms with Gasteiger partial charge in [0.25, 0.3) is 0 Å². The molecule has 2 aromatic rings. The molecule has 0 radical (unpaired) electrons. The van der Waals surface area contributed by atoms with E-state index in [4.69, 9.17) is 16.3 Å². The Labute approximate surface area is 123 Å². The first-order valence-electron chi connectivity index (χ1n) is 6.16. The van der Waals surface area contributed by atoms with E-state index >= 15 is 0 Å². The van der Waals surface area contributed by atoms with Gasteiger partial charge in [0.1, 0.15) is 5.75 Å². The molecule has 0 saturated carbocycles. The zero-order valence-corrected chi connectivity index (χ0v) is 12.1. The quantitative estimate of drug-likeness (QED) is 0.603. The Morgan fingerprint density at radius 3 is 2.45 bits per heavy atom. The molecule has 0 heterocycles. The number of ether oxygens (including phenoxy) is 1. The summed E-state index contributed by atoms with van der Waals surface area (Å²) in [5.41, 5.74) is 3.53. The molecule has 0 aliphatic heterocycles. The molecule has 2 aromatic carbocycles. The Bertz CT molecular complexity index is 681. The van der Waals surface area contributed by atoms with Gasteiger partial charge in [0.2, 0.25) is 0 Å². The maximum Gasteiger partial charge on any atom is 0.137 e. The second-order valence-corrected chi connectivity index (χ2v) is 4.84. The van der Waals surface area contributed by atoms with E-state index in [1.54, 1.807) is 19.2 Å². The van der Waals surface area contributed by atoms with E-state index in [-0.39, 0.29) is 0 Å². The van der Waals surface area contributed by atoms with Crippen molar-refractivity contribution in [3.8, 4) is 11.8 Å². The van der Waals surface area contributed by atoms with Crippen LogP contribution in [0.1, 0.15) is 16.7 Å². The number of allylic oxidation sites excluding steroid dienone is 1. The van der Waals surface area contributed by atoms with Crippen molar-refractivity contribution >= 4 is 23.3 Å². The third-order valence-corrected chi connectivity index (χ3v) is 3.27. The molecule has 0 aliphatic carbocycles. The molecule has 2 rings (SSSR count). The highest BCUT2D eigenvalue weighted by molar-refractivity contribution is 6.32. The summed E-state index contributed by atoms with van der Waals surface area (Å²) in [6.07, 6.45) is 1.82. The number of nitriles is 1. The first-order valence-corrected chi connectivity index (χ1v) is 6.54. The Morgan fingerprint density at radius 2 is 1.90 bits per heavy atom. The van der Waals surface area contributed by atoms with E-state index in [1.165, 1.54) is 5.56 Å². The number of hydrogen-bond donors (Lipinski definition) is 0. The van der Waals surface area contributed by atoms with Crippen LogP contribution in [0.4, 0.5) is 0 Å². The topological polar surface area (TPSA) is 33.0 Å². The number of aryl methyl sites for hydroxylation is 1. The van der Waals surface area contributed by atoms with Gasteiger partial charge >= 0.3 is 0 Å². The van der Waals surface area contributed by atoms with Crippen molar-refractivity contribution in [1.82, 2.24) is 0 Å². The van der Waals surface area contributed by atoms with Gasteiger partial charge in [-0.2, -0.15) is 5.26 Å². The lowest BCUT2D eigenvalue weighted by atomic mass is 10.0. The molecule has 0 N–H and O–H groups in total. The van der Waals surface area contributed by atoms with Gasteiger partial charge in [-0.15, -0.1) is 0 Å². The zero-order valence-electron chi connectivity index (χ0n) is 11.4. The number of benzene rings is 2. The maximum absolute atomic E-state index is 9.30. The number of hydrogen-bond acceptors (Lipinski definition) is 2. The standard InChI is InChI=1S/C17H14ClNO/c1-12-3-6-14(7-4-12)15(11-19)9-13-5-8-17(20-2)16(18)10-13/h3-10H,1-2H3. The average molecular weight is 284 g/mol. The van der Waals surface area contributed by atoms with Crippen LogP contribution in [-0.4, -0.2) is 7.11 Å². The molecule has 100 valence electrons. The summed E-state index contributed by atoms with van der Waals surface area (Å²) >= 11 is 6.09. The normalized spacial score (nSPS) is 11.0. The fourth-order valence-corrected chi connectivity index (χ4v) is 2.12. The highest BCUT2D eigenvalue weighted by Gasteiger charge is 2.04. The predicted molar refractivity (Wildman–Crippen MR) is 82.7 cm³/mol. The maximum atomic E-state index is 9.30. The molecule has 0 aromatic heterocycles. The summed E-state index contributed by atoms with van der Waals surface area (Å²) in [6.45, 7) is 2.02. The lowest BCUT2D eigenvalue weighted by Crippen LogP contribution is -1.86. The van der Waals surface area contributed by atoms with E-state index in [0.29, 0.717) is 16.3 Å². The number of halogens is 1. The molecule has 3 heteroatoms. The highest BCUT2D eigenvalue weighted by Crippen LogP contribution is 2.27. The summed E-state index contributed by atoms with van der Waals surface area (Å²) in [7, 11) is 1.57. The van der Waals surface area contributed by atoms with Crippen LogP contribution in [0.2, 0.25) is 5.02 Å². The smallest absolute Gasteiger partial charge is 0.137 e. The lowest BCUT2D eigenvalue weighted by Gasteiger charge is -2.04. The van der Waals surface area contributed by atoms with E-state index in [2.05, 4.69) is 6.07 Å². The molecule has 0 atom stereocenters. The Balaban J connectivity index is 2.39. The van der Waals surface area contributed by atoms with Crippen LogP contribution in [0.5, 0.6) is 5.75 Å². The molecule has 0 saturated heterocycles. The summed E-state index contributed by atoms with van der Waals surface area (Å²) in [5.74, 6) is 0.623. The first kappa shape index (κ1) is 14.2. The third kappa shape index (κ3) is 3.20. The van der Waals surface area contributed by atoms with E-state index in [9.17, 15) is 5.26 Å². The van der Waals surface area contributed by atoms with E-state index < -0.39 is 0 Å². The highest BCUT2D eigenvalue weighted by atomic mass is 35.5. The molecule has 0 fully saturated rings. The molecule has 0 unspecified atom stereocenters. The molecule has 20 heavy (non-hydrogen) atoms. The van der Waals surface area contributed by atoms with Crippen molar-refractivity contribution in [3.63, 3.8) is 0 Å². The Kier molecular flexibility index (Phi) is 4.45. The Morgan fingerprint density at radius 1 is 1.20 bits per heavy atom. The number of nitrogens with zero attached hydrogens (tertiary/aromatic N) is 1. The first-order chi connectivity index (χ1) is 9.63. The lowest BCUT2D eigenvalue weighted by molar-refractivity contribution is 0.415. The van der Waals surface area contributed by atoms with Crippen molar-refractivity contribution in [2.75, 3.05) is 7.11 Å². The van der Waals surface area contributed by atoms with E-state index in [1.807, 2.05) is 43.3 Å². The summed E-state index contributed by atoms with van der Waals surface area (Å²) in [6, 6.07) is 15.5. The second-order valence-electron chi connectivity index (χ2n) is 4.43. The van der Waals surface area contributed by atoms with Gasteiger partial charge < -0.3 is 4.74 Å². The van der Waals surface area contributed by atoms with Crippen molar-refractivity contribution in [2.45, 2.75) is 6.92 Å². The van der Waals surface area contributed by atoms with Gasteiger partial charge in [-0.1, -0.05) is 47.5 Å². The van der Waals surface area contributed by atoms with Crippen LogP contribution in [0, 0.1) is 18.3 Å². The minimum absolute atomic E-state index is 0.530. The van der Waals surface area contributed by atoms with Crippen molar-refractivity contribution in [3.05, 3.63) is 64.2 Å². The number of rotatable bonds is 3. The third-order valence-electron chi connectivity index (χ3n) is 2.97. The Hall–Kier alpha value is -2.24. The fraction of sp³-hybridized carbons (Fsp3) is 0.118. The van der Waals surface area contributed by atoms with Gasteiger partial charge in [-0.3, -0.25) is 0 Å².